The van der Waals surface area contributed by atoms with E-state index in [1.165, 1.54) is 5.57 Å². The first-order valence-corrected chi connectivity index (χ1v) is 6.95. The fraction of sp³-hybridized carbons (Fsp3) is 0.538. The summed E-state index contributed by atoms with van der Waals surface area (Å²) >= 11 is 1.59. The standard InChI is InChI=1S/C13H18N2O2S/c1-13(2,3)17-12(16)15-6-4-10(5-7-15)11-8-18-9-14-11/h4,8-9H,5-7H2,1-3H3. The lowest BCUT2D eigenvalue weighted by atomic mass is 10.1. The number of ether oxygens (including phenoxy) is 1. The van der Waals surface area contributed by atoms with Crippen LogP contribution >= 0.6 is 11.3 Å². The predicted octanol–water partition coefficient (Wildman–Crippen LogP) is 3.17. The molecule has 0 radical (unpaired) electrons. The number of thiazole rings is 1. The molecule has 1 aromatic heterocycles. The molecule has 1 aliphatic heterocycles. The molecule has 0 atom stereocenters. The van der Waals surface area contributed by atoms with Crippen LogP contribution in [0.2, 0.25) is 0 Å². The zero-order valence-electron chi connectivity index (χ0n) is 11.0. The zero-order chi connectivity index (χ0) is 13.2. The van der Waals surface area contributed by atoms with Crippen LogP contribution in [0.1, 0.15) is 32.9 Å². The summed E-state index contributed by atoms with van der Waals surface area (Å²) in [5, 5.41) is 2.04. The summed E-state index contributed by atoms with van der Waals surface area (Å²) in [4.78, 5) is 17.9. The van der Waals surface area contributed by atoms with Crippen LogP contribution in [0.4, 0.5) is 4.79 Å². The monoisotopic (exact) mass is 266 g/mol. The van der Waals surface area contributed by atoms with Gasteiger partial charge in [0, 0.05) is 18.5 Å². The lowest BCUT2D eigenvalue weighted by molar-refractivity contribution is 0.0270. The Morgan fingerprint density at radius 1 is 1.50 bits per heavy atom. The van der Waals surface area contributed by atoms with Gasteiger partial charge in [0.15, 0.2) is 0 Å². The molecule has 1 aliphatic rings. The van der Waals surface area contributed by atoms with E-state index in [0.29, 0.717) is 13.1 Å². The quantitative estimate of drug-likeness (QED) is 0.784. The van der Waals surface area contributed by atoms with Gasteiger partial charge in [-0.25, -0.2) is 9.78 Å². The Balaban J connectivity index is 1.96. The molecule has 0 aromatic carbocycles. The van der Waals surface area contributed by atoms with Crippen LogP contribution in [0.3, 0.4) is 0 Å². The number of hydrogen-bond donors (Lipinski definition) is 0. The Hall–Kier alpha value is -1.36. The van der Waals surface area contributed by atoms with Crippen LogP contribution in [-0.4, -0.2) is 34.7 Å². The summed E-state index contributed by atoms with van der Waals surface area (Å²) in [7, 11) is 0. The average molecular weight is 266 g/mol. The van der Waals surface area contributed by atoms with Gasteiger partial charge in [-0.05, 0) is 32.8 Å². The number of amides is 1. The van der Waals surface area contributed by atoms with Gasteiger partial charge < -0.3 is 9.64 Å². The normalized spacial score (nSPS) is 16.4. The van der Waals surface area contributed by atoms with Crippen molar-refractivity contribution in [2.45, 2.75) is 32.8 Å². The minimum Gasteiger partial charge on any atom is -0.444 e. The van der Waals surface area contributed by atoms with E-state index in [1.54, 1.807) is 16.2 Å². The van der Waals surface area contributed by atoms with Crippen molar-refractivity contribution in [2.75, 3.05) is 13.1 Å². The van der Waals surface area contributed by atoms with Gasteiger partial charge >= 0.3 is 6.09 Å². The summed E-state index contributed by atoms with van der Waals surface area (Å²) in [5.74, 6) is 0. The highest BCUT2D eigenvalue weighted by atomic mass is 32.1. The van der Waals surface area contributed by atoms with Crippen molar-refractivity contribution in [3.63, 3.8) is 0 Å². The summed E-state index contributed by atoms with van der Waals surface area (Å²) < 4.78 is 5.35. The molecule has 0 N–H and O–H groups in total. The molecular formula is C13H18N2O2S. The minimum absolute atomic E-state index is 0.240. The van der Waals surface area contributed by atoms with E-state index in [9.17, 15) is 4.79 Å². The lowest BCUT2D eigenvalue weighted by Gasteiger charge is -2.29. The fourth-order valence-corrected chi connectivity index (χ4v) is 2.34. The van der Waals surface area contributed by atoms with Gasteiger partial charge in [-0.15, -0.1) is 11.3 Å². The molecule has 98 valence electrons. The molecule has 4 nitrogen and oxygen atoms in total. The topological polar surface area (TPSA) is 42.4 Å². The van der Waals surface area contributed by atoms with Crippen molar-refractivity contribution in [1.82, 2.24) is 9.88 Å². The third-order valence-corrected chi connectivity index (χ3v) is 3.21. The number of rotatable bonds is 1. The second kappa shape index (κ2) is 5.10. The highest BCUT2D eigenvalue weighted by Gasteiger charge is 2.24. The van der Waals surface area contributed by atoms with Crippen LogP contribution in [-0.2, 0) is 4.74 Å². The van der Waals surface area contributed by atoms with E-state index in [-0.39, 0.29) is 6.09 Å². The number of carbonyl (C=O) groups is 1. The molecule has 0 saturated heterocycles. The predicted molar refractivity (Wildman–Crippen MR) is 72.5 cm³/mol. The molecule has 0 aliphatic carbocycles. The fourth-order valence-electron chi connectivity index (χ4n) is 1.77. The average Bonchev–Trinajstić information content (AvgIpc) is 2.80. The molecule has 1 aromatic rings. The van der Waals surface area contributed by atoms with Gasteiger partial charge in [0.05, 0.1) is 11.2 Å². The van der Waals surface area contributed by atoms with E-state index in [0.717, 1.165) is 12.1 Å². The van der Waals surface area contributed by atoms with E-state index in [2.05, 4.69) is 11.1 Å². The van der Waals surface area contributed by atoms with Crippen molar-refractivity contribution in [3.8, 4) is 0 Å². The Morgan fingerprint density at radius 3 is 2.78 bits per heavy atom. The molecule has 2 rings (SSSR count). The van der Waals surface area contributed by atoms with E-state index < -0.39 is 5.60 Å². The van der Waals surface area contributed by atoms with Gasteiger partial charge in [-0.2, -0.15) is 0 Å². The van der Waals surface area contributed by atoms with E-state index in [1.807, 2.05) is 31.7 Å². The van der Waals surface area contributed by atoms with Gasteiger partial charge in [-0.3, -0.25) is 0 Å². The van der Waals surface area contributed by atoms with Crippen molar-refractivity contribution in [2.24, 2.45) is 0 Å². The molecule has 0 fully saturated rings. The highest BCUT2D eigenvalue weighted by Crippen LogP contribution is 2.23. The number of nitrogens with zero attached hydrogens (tertiary/aromatic N) is 2. The Morgan fingerprint density at radius 2 is 2.28 bits per heavy atom. The van der Waals surface area contributed by atoms with Crippen LogP contribution in [0.25, 0.3) is 5.57 Å². The highest BCUT2D eigenvalue weighted by molar-refractivity contribution is 7.07. The Labute approximate surface area is 111 Å². The van der Waals surface area contributed by atoms with Crippen molar-refractivity contribution < 1.29 is 9.53 Å². The molecule has 5 heteroatoms. The third-order valence-electron chi connectivity index (χ3n) is 2.62. The molecule has 0 spiro atoms. The first-order valence-electron chi connectivity index (χ1n) is 6.01. The van der Waals surface area contributed by atoms with Crippen molar-refractivity contribution in [3.05, 3.63) is 22.7 Å². The summed E-state index contributed by atoms with van der Waals surface area (Å²) in [6, 6.07) is 0. The van der Waals surface area contributed by atoms with Crippen molar-refractivity contribution in [1.29, 1.82) is 0 Å². The summed E-state index contributed by atoms with van der Waals surface area (Å²) in [6.07, 6.45) is 2.65. The summed E-state index contributed by atoms with van der Waals surface area (Å²) in [5.41, 5.74) is 3.65. The zero-order valence-corrected chi connectivity index (χ0v) is 11.8. The first kappa shape index (κ1) is 13.1. The minimum atomic E-state index is -0.435. The molecular weight excluding hydrogens is 248 g/mol. The van der Waals surface area contributed by atoms with Crippen LogP contribution in [0.15, 0.2) is 17.0 Å². The maximum atomic E-state index is 11.9. The van der Waals surface area contributed by atoms with Gasteiger partial charge in [0.25, 0.3) is 0 Å². The maximum Gasteiger partial charge on any atom is 0.410 e. The van der Waals surface area contributed by atoms with Crippen LogP contribution in [0.5, 0.6) is 0 Å². The Kier molecular flexibility index (Phi) is 3.71. The number of hydrogen-bond acceptors (Lipinski definition) is 4. The molecule has 0 saturated carbocycles. The van der Waals surface area contributed by atoms with Crippen LogP contribution < -0.4 is 0 Å². The number of aromatic nitrogens is 1. The van der Waals surface area contributed by atoms with Gasteiger partial charge in [0.2, 0.25) is 0 Å². The second-order valence-corrected chi connectivity index (χ2v) is 6.00. The molecule has 1 amide bonds. The van der Waals surface area contributed by atoms with Gasteiger partial charge in [-0.1, -0.05) is 6.08 Å². The van der Waals surface area contributed by atoms with Crippen LogP contribution in [0, 0.1) is 0 Å². The second-order valence-electron chi connectivity index (χ2n) is 5.28. The third kappa shape index (κ3) is 3.32. The first-order chi connectivity index (χ1) is 8.46. The molecule has 0 unspecified atom stereocenters. The van der Waals surface area contributed by atoms with Gasteiger partial charge in [0.1, 0.15) is 5.60 Å². The maximum absolute atomic E-state index is 11.9. The largest absolute Gasteiger partial charge is 0.444 e. The smallest absolute Gasteiger partial charge is 0.410 e. The molecule has 0 bridgehead atoms. The summed E-state index contributed by atoms with van der Waals surface area (Å²) in [6.45, 7) is 6.93. The van der Waals surface area contributed by atoms with E-state index >= 15 is 0 Å². The molecule has 2 heterocycles. The lowest BCUT2D eigenvalue weighted by Crippen LogP contribution is -2.39. The SMILES string of the molecule is CC(C)(C)OC(=O)N1CC=C(c2cscn2)CC1. The van der Waals surface area contributed by atoms with Crippen molar-refractivity contribution >= 4 is 23.0 Å². The van der Waals surface area contributed by atoms with E-state index in [4.69, 9.17) is 4.74 Å². The molecule has 18 heavy (non-hydrogen) atoms. The number of carbonyl (C=O) groups excluding carboxylic acids is 1. The Bertz CT molecular complexity index is 446.